The Balaban J connectivity index is 1.87. The maximum absolute atomic E-state index is 11.9. The molecule has 0 bridgehead atoms. The zero-order chi connectivity index (χ0) is 16.5. The summed E-state index contributed by atoms with van der Waals surface area (Å²) in [6.07, 6.45) is 5.35. The van der Waals surface area contributed by atoms with Crippen molar-refractivity contribution in [1.82, 2.24) is 0 Å². The van der Waals surface area contributed by atoms with Gasteiger partial charge in [0.2, 0.25) is 5.91 Å². The van der Waals surface area contributed by atoms with E-state index in [0.717, 1.165) is 29.8 Å². The normalized spacial score (nSPS) is 10.7. The number of carbonyl (C=O) groups is 1. The minimum absolute atomic E-state index is 0.190. The van der Waals surface area contributed by atoms with E-state index in [0.29, 0.717) is 11.6 Å². The highest BCUT2D eigenvalue weighted by molar-refractivity contribution is 6.30. The van der Waals surface area contributed by atoms with Crippen molar-refractivity contribution in [3.8, 4) is 5.75 Å². The van der Waals surface area contributed by atoms with Crippen molar-refractivity contribution in [2.75, 3.05) is 11.9 Å². The van der Waals surface area contributed by atoms with E-state index in [1.165, 1.54) is 6.08 Å². The van der Waals surface area contributed by atoms with Crippen LogP contribution in [0.25, 0.3) is 6.08 Å². The molecule has 0 aliphatic heterocycles. The van der Waals surface area contributed by atoms with Gasteiger partial charge in [-0.05, 0) is 54.5 Å². The molecule has 23 heavy (non-hydrogen) atoms. The zero-order valence-electron chi connectivity index (χ0n) is 13.1. The lowest BCUT2D eigenvalue weighted by atomic mass is 10.2. The fourth-order valence-corrected chi connectivity index (χ4v) is 2.13. The number of unbranched alkanes of at least 4 members (excludes halogenated alkanes) is 1. The average molecular weight is 330 g/mol. The maximum Gasteiger partial charge on any atom is 0.248 e. The molecular formula is C19H20ClNO2. The Morgan fingerprint density at radius 3 is 2.70 bits per heavy atom. The predicted molar refractivity (Wildman–Crippen MR) is 96.0 cm³/mol. The second-order valence-corrected chi connectivity index (χ2v) is 5.54. The fourth-order valence-electron chi connectivity index (χ4n) is 1.93. The summed E-state index contributed by atoms with van der Waals surface area (Å²) in [6.45, 7) is 2.84. The minimum Gasteiger partial charge on any atom is -0.494 e. The first-order chi connectivity index (χ1) is 11.2. The molecule has 0 spiro atoms. The molecule has 2 aromatic rings. The van der Waals surface area contributed by atoms with Crippen LogP contribution in [-0.2, 0) is 4.79 Å². The van der Waals surface area contributed by atoms with E-state index in [2.05, 4.69) is 12.2 Å². The molecule has 3 nitrogen and oxygen atoms in total. The number of ether oxygens (including phenoxy) is 1. The van der Waals surface area contributed by atoms with Crippen LogP contribution in [0.3, 0.4) is 0 Å². The topological polar surface area (TPSA) is 38.3 Å². The molecule has 0 atom stereocenters. The monoisotopic (exact) mass is 329 g/mol. The molecule has 0 saturated heterocycles. The van der Waals surface area contributed by atoms with Gasteiger partial charge in [0, 0.05) is 16.8 Å². The summed E-state index contributed by atoms with van der Waals surface area (Å²) in [7, 11) is 0. The lowest BCUT2D eigenvalue weighted by molar-refractivity contribution is -0.111. The molecule has 2 rings (SSSR count). The van der Waals surface area contributed by atoms with Gasteiger partial charge >= 0.3 is 0 Å². The van der Waals surface area contributed by atoms with Crippen molar-refractivity contribution < 1.29 is 9.53 Å². The smallest absolute Gasteiger partial charge is 0.248 e. The molecule has 0 saturated carbocycles. The van der Waals surface area contributed by atoms with E-state index in [-0.39, 0.29) is 5.91 Å². The first-order valence-corrected chi connectivity index (χ1v) is 8.02. The summed E-state index contributed by atoms with van der Waals surface area (Å²) in [5.74, 6) is 0.621. The van der Waals surface area contributed by atoms with Crippen LogP contribution in [0.2, 0.25) is 5.02 Å². The zero-order valence-corrected chi connectivity index (χ0v) is 13.8. The summed E-state index contributed by atoms with van der Waals surface area (Å²) >= 11 is 5.90. The van der Waals surface area contributed by atoms with Crippen LogP contribution in [0.15, 0.2) is 54.6 Å². The summed E-state index contributed by atoms with van der Waals surface area (Å²) in [6, 6.07) is 14.7. The number of hydrogen-bond donors (Lipinski definition) is 1. The number of nitrogens with one attached hydrogen (secondary N) is 1. The molecule has 0 aromatic heterocycles. The fraction of sp³-hybridized carbons (Fsp3) is 0.211. The summed E-state index contributed by atoms with van der Waals surface area (Å²) < 4.78 is 5.58. The highest BCUT2D eigenvalue weighted by atomic mass is 35.5. The Morgan fingerprint density at radius 2 is 2.00 bits per heavy atom. The summed E-state index contributed by atoms with van der Waals surface area (Å²) in [4.78, 5) is 11.9. The SMILES string of the molecule is CCCCOc1ccc(NC(=O)C=Cc2cccc(Cl)c2)cc1. The van der Waals surface area contributed by atoms with Gasteiger partial charge in [-0.3, -0.25) is 4.79 Å². The van der Waals surface area contributed by atoms with E-state index in [9.17, 15) is 4.79 Å². The first-order valence-electron chi connectivity index (χ1n) is 7.65. The number of carbonyl (C=O) groups excluding carboxylic acids is 1. The number of hydrogen-bond acceptors (Lipinski definition) is 2. The average Bonchev–Trinajstić information content (AvgIpc) is 2.55. The maximum atomic E-state index is 11.9. The number of benzene rings is 2. The van der Waals surface area contributed by atoms with Gasteiger partial charge in [0.15, 0.2) is 0 Å². The number of amides is 1. The Bertz CT molecular complexity index is 665. The van der Waals surface area contributed by atoms with Crippen molar-refractivity contribution in [2.45, 2.75) is 19.8 Å². The van der Waals surface area contributed by atoms with Gasteiger partial charge in [-0.1, -0.05) is 37.1 Å². The van der Waals surface area contributed by atoms with Crippen LogP contribution in [0.4, 0.5) is 5.69 Å². The molecule has 0 heterocycles. The number of halogens is 1. The quantitative estimate of drug-likeness (QED) is 0.562. The molecule has 0 radical (unpaired) electrons. The van der Waals surface area contributed by atoms with Crippen molar-refractivity contribution >= 4 is 29.3 Å². The van der Waals surface area contributed by atoms with Gasteiger partial charge in [-0.25, -0.2) is 0 Å². The van der Waals surface area contributed by atoms with Gasteiger partial charge in [0.25, 0.3) is 0 Å². The van der Waals surface area contributed by atoms with Gasteiger partial charge < -0.3 is 10.1 Å². The van der Waals surface area contributed by atoms with E-state index in [1.807, 2.05) is 36.4 Å². The van der Waals surface area contributed by atoms with Crippen LogP contribution in [-0.4, -0.2) is 12.5 Å². The third-order valence-corrected chi connectivity index (χ3v) is 3.40. The highest BCUT2D eigenvalue weighted by Gasteiger charge is 1.99. The molecule has 0 aliphatic carbocycles. The summed E-state index contributed by atoms with van der Waals surface area (Å²) in [5.41, 5.74) is 1.61. The van der Waals surface area contributed by atoms with Crippen LogP contribution in [0, 0.1) is 0 Å². The molecule has 2 aromatic carbocycles. The van der Waals surface area contributed by atoms with Crippen LogP contribution in [0.1, 0.15) is 25.3 Å². The molecular weight excluding hydrogens is 310 g/mol. The standard InChI is InChI=1S/C19H20ClNO2/c1-2-3-13-23-18-10-8-17(9-11-18)21-19(22)12-7-15-5-4-6-16(20)14-15/h4-12,14H,2-3,13H2,1H3,(H,21,22). The lowest BCUT2D eigenvalue weighted by Crippen LogP contribution is -2.07. The molecule has 4 heteroatoms. The van der Waals surface area contributed by atoms with E-state index < -0.39 is 0 Å². The van der Waals surface area contributed by atoms with Crippen molar-refractivity contribution in [1.29, 1.82) is 0 Å². The van der Waals surface area contributed by atoms with Crippen LogP contribution >= 0.6 is 11.6 Å². The Labute approximate surface area is 141 Å². The molecule has 0 fully saturated rings. The van der Waals surface area contributed by atoms with Gasteiger partial charge in [0.1, 0.15) is 5.75 Å². The Morgan fingerprint density at radius 1 is 1.22 bits per heavy atom. The third kappa shape index (κ3) is 6.17. The number of rotatable bonds is 7. The first kappa shape index (κ1) is 17.1. The van der Waals surface area contributed by atoms with Gasteiger partial charge in [-0.15, -0.1) is 0 Å². The minimum atomic E-state index is -0.190. The Kier molecular flexibility index (Phi) is 6.70. The lowest BCUT2D eigenvalue weighted by Gasteiger charge is -2.07. The van der Waals surface area contributed by atoms with Crippen molar-refractivity contribution in [2.24, 2.45) is 0 Å². The molecule has 120 valence electrons. The number of anilines is 1. The molecule has 0 aliphatic rings. The van der Waals surface area contributed by atoms with Gasteiger partial charge in [0.05, 0.1) is 6.61 Å². The summed E-state index contributed by atoms with van der Waals surface area (Å²) in [5, 5.41) is 3.45. The van der Waals surface area contributed by atoms with E-state index in [1.54, 1.807) is 18.2 Å². The molecule has 0 unspecified atom stereocenters. The van der Waals surface area contributed by atoms with Crippen LogP contribution in [0.5, 0.6) is 5.75 Å². The second-order valence-electron chi connectivity index (χ2n) is 5.10. The predicted octanol–water partition coefficient (Wildman–Crippen LogP) is 5.17. The Hall–Kier alpha value is -2.26. The van der Waals surface area contributed by atoms with Gasteiger partial charge in [-0.2, -0.15) is 0 Å². The largest absolute Gasteiger partial charge is 0.494 e. The van der Waals surface area contributed by atoms with E-state index in [4.69, 9.17) is 16.3 Å². The third-order valence-electron chi connectivity index (χ3n) is 3.16. The second kappa shape index (κ2) is 9.01. The van der Waals surface area contributed by atoms with Crippen molar-refractivity contribution in [3.63, 3.8) is 0 Å². The van der Waals surface area contributed by atoms with E-state index >= 15 is 0 Å². The van der Waals surface area contributed by atoms with Crippen molar-refractivity contribution in [3.05, 3.63) is 65.2 Å². The van der Waals surface area contributed by atoms with Crippen LogP contribution < -0.4 is 10.1 Å². The molecule has 1 amide bonds. The highest BCUT2D eigenvalue weighted by Crippen LogP contribution is 2.16. The molecule has 1 N–H and O–H groups in total.